The number of nitro groups is 1. The Morgan fingerprint density at radius 3 is 2.82 bits per heavy atom. The Balaban J connectivity index is 2.24. The maximum absolute atomic E-state index is 11.5. The van der Waals surface area contributed by atoms with Crippen LogP contribution < -0.4 is 0 Å². The van der Waals surface area contributed by atoms with Crippen molar-refractivity contribution in [1.82, 2.24) is 0 Å². The highest BCUT2D eigenvalue weighted by atomic mass is 16.6. The fraction of sp³-hybridized carbons (Fsp3) is 0.417. The van der Waals surface area contributed by atoms with Gasteiger partial charge in [-0.05, 0) is 18.4 Å². The predicted octanol–water partition coefficient (Wildman–Crippen LogP) is 2.00. The number of carbonyl (C=O) groups is 1. The standard InChI is InChI=1S/C12H13NO4/c14-11-6-2-5-10(11)12(15)8-3-1-4-9(7-8)13(16)17/h1,3-4,7,10,12,15H,2,5-6H2/t10-,12+/m0/s1. The van der Waals surface area contributed by atoms with Crippen molar-refractivity contribution in [2.75, 3.05) is 0 Å². The van der Waals surface area contributed by atoms with Crippen LogP contribution in [-0.2, 0) is 4.79 Å². The molecule has 5 nitrogen and oxygen atoms in total. The van der Waals surface area contributed by atoms with E-state index >= 15 is 0 Å². The lowest BCUT2D eigenvalue weighted by Gasteiger charge is -2.16. The van der Waals surface area contributed by atoms with Gasteiger partial charge in [-0.3, -0.25) is 14.9 Å². The molecule has 0 aromatic heterocycles. The first-order valence-electron chi connectivity index (χ1n) is 5.54. The molecule has 2 atom stereocenters. The summed E-state index contributed by atoms with van der Waals surface area (Å²) >= 11 is 0. The van der Waals surface area contributed by atoms with Gasteiger partial charge in [-0.25, -0.2) is 0 Å². The van der Waals surface area contributed by atoms with Gasteiger partial charge in [0.2, 0.25) is 0 Å². The molecule has 0 amide bonds. The smallest absolute Gasteiger partial charge is 0.269 e. The Morgan fingerprint density at radius 2 is 2.24 bits per heavy atom. The number of non-ortho nitro benzene ring substituents is 1. The average molecular weight is 235 g/mol. The van der Waals surface area contributed by atoms with Crippen molar-refractivity contribution in [2.45, 2.75) is 25.4 Å². The van der Waals surface area contributed by atoms with Crippen molar-refractivity contribution in [2.24, 2.45) is 5.92 Å². The van der Waals surface area contributed by atoms with Gasteiger partial charge in [-0.15, -0.1) is 0 Å². The van der Waals surface area contributed by atoms with E-state index in [4.69, 9.17) is 0 Å². The van der Waals surface area contributed by atoms with Gasteiger partial charge < -0.3 is 5.11 Å². The molecular formula is C12H13NO4. The number of rotatable bonds is 3. The van der Waals surface area contributed by atoms with Crippen molar-refractivity contribution in [1.29, 1.82) is 0 Å². The van der Waals surface area contributed by atoms with Gasteiger partial charge >= 0.3 is 0 Å². The molecular weight excluding hydrogens is 222 g/mol. The number of hydrogen-bond donors (Lipinski definition) is 1. The molecule has 1 aromatic rings. The van der Waals surface area contributed by atoms with Crippen LogP contribution in [0, 0.1) is 16.0 Å². The number of nitro benzene ring substituents is 1. The first-order chi connectivity index (χ1) is 8.09. The minimum atomic E-state index is -0.926. The SMILES string of the molecule is O=C1CCC[C@@H]1[C@H](O)c1cccc([N+](=O)[O-])c1. The van der Waals surface area contributed by atoms with Gasteiger partial charge in [0.05, 0.1) is 11.0 Å². The van der Waals surface area contributed by atoms with E-state index in [1.165, 1.54) is 18.2 Å². The van der Waals surface area contributed by atoms with Crippen LogP contribution in [0.3, 0.4) is 0 Å². The zero-order valence-electron chi connectivity index (χ0n) is 9.20. The molecule has 5 heteroatoms. The summed E-state index contributed by atoms with van der Waals surface area (Å²) in [7, 11) is 0. The van der Waals surface area contributed by atoms with E-state index in [1.807, 2.05) is 0 Å². The number of nitrogens with zero attached hydrogens (tertiary/aromatic N) is 1. The highest BCUT2D eigenvalue weighted by Gasteiger charge is 2.32. The Hall–Kier alpha value is -1.75. The van der Waals surface area contributed by atoms with Crippen LogP contribution in [0.4, 0.5) is 5.69 Å². The van der Waals surface area contributed by atoms with Crippen molar-refractivity contribution in [3.63, 3.8) is 0 Å². The highest BCUT2D eigenvalue weighted by molar-refractivity contribution is 5.83. The number of carbonyl (C=O) groups excluding carboxylic acids is 1. The maximum atomic E-state index is 11.5. The quantitative estimate of drug-likeness (QED) is 0.641. The van der Waals surface area contributed by atoms with E-state index < -0.39 is 16.9 Å². The van der Waals surface area contributed by atoms with E-state index in [0.29, 0.717) is 18.4 Å². The van der Waals surface area contributed by atoms with Gasteiger partial charge in [0.1, 0.15) is 5.78 Å². The highest BCUT2D eigenvalue weighted by Crippen LogP contribution is 2.34. The molecule has 0 bridgehead atoms. The van der Waals surface area contributed by atoms with Gasteiger partial charge in [0.25, 0.3) is 5.69 Å². The molecule has 0 unspecified atom stereocenters. The lowest BCUT2D eigenvalue weighted by molar-refractivity contribution is -0.385. The molecule has 90 valence electrons. The first-order valence-corrected chi connectivity index (χ1v) is 5.54. The normalized spacial score (nSPS) is 21.5. The topological polar surface area (TPSA) is 80.4 Å². The summed E-state index contributed by atoms with van der Waals surface area (Å²) in [6.45, 7) is 0. The van der Waals surface area contributed by atoms with Crippen LogP contribution in [0.15, 0.2) is 24.3 Å². The lowest BCUT2D eigenvalue weighted by Crippen LogP contribution is -2.16. The second-order valence-corrected chi connectivity index (χ2v) is 4.26. The summed E-state index contributed by atoms with van der Waals surface area (Å²) in [5.41, 5.74) is 0.381. The molecule has 0 aliphatic heterocycles. The van der Waals surface area contributed by atoms with Gasteiger partial charge in [-0.1, -0.05) is 12.1 Å². The van der Waals surface area contributed by atoms with E-state index in [-0.39, 0.29) is 11.5 Å². The first kappa shape index (κ1) is 11.7. The third kappa shape index (κ3) is 2.34. The van der Waals surface area contributed by atoms with E-state index in [2.05, 4.69) is 0 Å². The van der Waals surface area contributed by atoms with Crippen LogP contribution in [-0.4, -0.2) is 15.8 Å². The fourth-order valence-electron chi connectivity index (χ4n) is 2.23. The molecule has 1 aromatic carbocycles. The number of benzene rings is 1. The number of aliphatic hydroxyl groups excluding tert-OH is 1. The van der Waals surface area contributed by atoms with Gasteiger partial charge in [0, 0.05) is 24.5 Å². The third-order valence-corrected chi connectivity index (χ3v) is 3.16. The molecule has 0 spiro atoms. The summed E-state index contributed by atoms with van der Waals surface area (Å²) in [5.74, 6) is -0.360. The lowest BCUT2D eigenvalue weighted by atomic mass is 9.93. The second-order valence-electron chi connectivity index (χ2n) is 4.26. The van der Waals surface area contributed by atoms with Crippen molar-refractivity contribution >= 4 is 11.5 Å². The molecule has 1 aliphatic rings. The van der Waals surface area contributed by atoms with E-state index in [0.717, 1.165) is 6.42 Å². The summed E-state index contributed by atoms with van der Waals surface area (Å²) in [6, 6.07) is 5.84. The maximum Gasteiger partial charge on any atom is 0.269 e. The Morgan fingerprint density at radius 1 is 1.47 bits per heavy atom. The third-order valence-electron chi connectivity index (χ3n) is 3.16. The minimum absolute atomic E-state index is 0.0454. The zero-order valence-corrected chi connectivity index (χ0v) is 9.20. The number of ketones is 1. The van der Waals surface area contributed by atoms with Crippen molar-refractivity contribution in [3.8, 4) is 0 Å². The van der Waals surface area contributed by atoms with Crippen LogP contribution >= 0.6 is 0 Å². The molecule has 0 radical (unpaired) electrons. The van der Waals surface area contributed by atoms with E-state index in [9.17, 15) is 20.0 Å². The van der Waals surface area contributed by atoms with Crippen LogP contribution in [0.5, 0.6) is 0 Å². The summed E-state index contributed by atoms with van der Waals surface area (Å²) in [6.07, 6.45) is 1.01. The fourth-order valence-corrected chi connectivity index (χ4v) is 2.23. The van der Waals surface area contributed by atoms with Gasteiger partial charge in [0.15, 0.2) is 0 Å². The molecule has 17 heavy (non-hydrogen) atoms. The largest absolute Gasteiger partial charge is 0.388 e. The average Bonchev–Trinajstić information content (AvgIpc) is 2.74. The molecule has 1 N–H and O–H groups in total. The molecule has 2 rings (SSSR count). The number of hydrogen-bond acceptors (Lipinski definition) is 4. The summed E-state index contributed by atoms with van der Waals surface area (Å²) in [4.78, 5) is 21.6. The molecule has 1 fully saturated rings. The minimum Gasteiger partial charge on any atom is -0.388 e. The Labute approximate surface area is 98.2 Å². The monoisotopic (exact) mass is 235 g/mol. The Kier molecular flexibility index (Phi) is 3.19. The summed E-state index contributed by atoms with van der Waals surface area (Å²) < 4.78 is 0. The second kappa shape index (κ2) is 4.63. The van der Waals surface area contributed by atoms with Crippen molar-refractivity contribution in [3.05, 3.63) is 39.9 Å². The summed E-state index contributed by atoms with van der Waals surface area (Å²) in [5, 5.41) is 20.7. The Bertz CT molecular complexity index is 458. The van der Waals surface area contributed by atoms with Crippen LogP contribution in [0.25, 0.3) is 0 Å². The molecule has 0 heterocycles. The number of aliphatic hydroxyl groups is 1. The van der Waals surface area contributed by atoms with Crippen molar-refractivity contribution < 1.29 is 14.8 Å². The van der Waals surface area contributed by atoms with Crippen LogP contribution in [0.2, 0.25) is 0 Å². The molecule has 1 aliphatic carbocycles. The van der Waals surface area contributed by atoms with E-state index in [1.54, 1.807) is 6.07 Å². The van der Waals surface area contributed by atoms with Gasteiger partial charge in [-0.2, -0.15) is 0 Å². The molecule has 0 saturated heterocycles. The van der Waals surface area contributed by atoms with Crippen LogP contribution in [0.1, 0.15) is 30.9 Å². The zero-order chi connectivity index (χ0) is 12.4. The predicted molar refractivity (Wildman–Crippen MR) is 60.4 cm³/mol. The molecule has 1 saturated carbocycles. The number of Topliss-reactive ketones (excluding diaryl/α,β-unsaturated/α-hetero) is 1.